The summed E-state index contributed by atoms with van der Waals surface area (Å²) in [5.41, 5.74) is 3.16. The summed E-state index contributed by atoms with van der Waals surface area (Å²) >= 11 is 0. The van der Waals surface area contributed by atoms with Gasteiger partial charge in [0, 0.05) is 12.1 Å². The summed E-state index contributed by atoms with van der Waals surface area (Å²) in [5.74, 6) is 0.856. The van der Waals surface area contributed by atoms with Gasteiger partial charge in [0.1, 0.15) is 5.75 Å². The number of ether oxygens (including phenoxy) is 1. The normalized spacial score (nSPS) is 10.4. The molecule has 0 fully saturated rings. The molecule has 0 bridgehead atoms. The maximum absolute atomic E-state index is 5.12. The van der Waals surface area contributed by atoms with E-state index < -0.39 is 0 Å². The smallest absolute Gasteiger partial charge is 0.118 e. The van der Waals surface area contributed by atoms with Crippen molar-refractivity contribution in [2.75, 3.05) is 14.2 Å². The van der Waals surface area contributed by atoms with E-state index >= 15 is 0 Å². The standard InChI is InChI=1S/C12H15N3O/c1-13-7-11-12(15-8-14-11)9-3-5-10(16-2)6-4-9/h3-6,8,13H,7H2,1-2H3,(H,14,15). The minimum Gasteiger partial charge on any atom is -0.497 e. The second-order valence-electron chi connectivity index (χ2n) is 3.49. The van der Waals surface area contributed by atoms with Crippen molar-refractivity contribution < 1.29 is 4.74 Å². The lowest BCUT2D eigenvalue weighted by atomic mass is 10.1. The van der Waals surface area contributed by atoms with E-state index in [4.69, 9.17) is 4.74 Å². The van der Waals surface area contributed by atoms with Crippen molar-refractivity contribution in [2.24, 2.45) is 0 Å². The predicted molar refractivity (Wildman–Crippen MR) is 63.3 cm³/mol. The van der Waals surface area contributed by atoms with E-state index in [1.54, 1.807) is 13.4 Å². The van der Waals surface area contributed by atoms with Gasteiger partial charge in [-0.05, 0) is 31.3 Å². The highest BCUT2D eigenvalue weighted by Gasteiger charge is 2.07. The molecule has 0 radical (unpaired) electrons. The van der Waals surface area contributed by atoms with E-state index in [0.29, 0.717) is 0 Å². The maximum atomic E-state index is 5.12. The predicted octanol–water partition coefficient (Wildman–Crippen LogP) is 1.80. The van der Waals surface area contributed by atoms with Crippen molar-refractivity contribution in [3.63, 3.8) is 0 Å². The fraction of sp³-hybridized carbons (Fsp3) is 0.250. The number of nitrogens with one attached hydrogen (secondary N) is 2. The van der Waals surface area contributed by atoms with Gasteiger partial charge in [-0.25, -0.2) is 4.98 Å². The van der Waals surface area contributed by atoms with Gasteiger partial charge in [-0.3, -0.25) is 0 Å². The minimum absolute atomic E-state index is 0.779. The zero-order valence-corrected chi connectivity index (χ0v) is 9.45. The van der Waals surface area contributed by atoms with Gasteiger partial charge in [0.25, 0.3) is 0 Å². The first-order valence-electron chi connectivity index (χ1n) is 5.16. The summed E-state index contributed by atoms with van der Waals surface area (Å²) in [5, 5.41) is 3.11. The topological polar surface area (TPSA) is 49.9 Å². The molecule has 4 nitrogen and oxygen atoms in total. The Balaban J connectivity index is 2.31. The Bertz CT molecular complexity index is 448. The molecule has 0 aliphatic rings. The number of rotatable bonds is 4. The van der Waals surface area contributed by atoms with Crippen molar-refractivity contribution in [1.29, 1.82) is 0 Å². The lowest BCUT2D eigenvalue weighted by molar-refractivity contribution is 0.415. The lowest BCUT2D eigenvalue weighted by Crippen LogP contribution is -2.06. The molecule has 0 aliphatic carbocycles. The third kappa shape index (κ3) is 2.06. The summed E-state index contributed by atoms with van der Waals surface area (Å²) in [6.45, 7) is 0.779. The van der Waals surface area contributed by atoms with Gasteiger partial charge in [-0.15, -0.1) is 0 Å². The first-order valence-corrected chi connectivity index (χ1v) is 5.16. The van der Waals surface area contributed by atoms with Gasteiger partial charge < -0.3 is 15.0 Å². The first kappa shape index (κ1) is 10.7. The monoisotopic (exact) mass is 217 g/mol. The SMILES string of the molecule is CNCc1[nH]cnc1-c1ccc(OC)cc1. The zero-order valence-electron chi connectivity index (χ0n) is 9.45. The van der Waals surface area contributed by atoms with Crippen LogP contribution in [0, 0.1) is 0 Å². The Kier molecular flexibility index (Phi) is 3.22. The Labute approximate surface area is 94.7 Å². The lowest BCUT2D eigenvalue weighted by Gasteiger charge is -2.03. The highest BCUT2D eigenvalue weighted by Crippen LogP contribution is 2.22. The van der Waals surface area contributed by atoms with Crippen LogP contribution in [0.15, 0.2) is 30.6 Å². The molecular formula is C12H15N3O. The number of aromatic nitrogens is 2. The molecule has 2 N–H and O–H groups in total. The summed E-state index contributed by atoms with van der Waals surface area (Å²) in [6.07, 6.45) is 1.71. The molecule has 16 heavy (non-hydrogen) atoms. The molecule has 0 unspecified atom stereocenters. The molecule has 1 aromatic heterocycles. The van der Waals surface area contributed by atoms with Crippen molar-refractivity contribution in [1.82, 2.24) is 15.3 Å². The van der Waals surface area contributed by atoms with E-state index in [9.17, 15) is 0 Å². The molecule has 0 aliphatic heterocycles. The summed E-state index contributed by atoms with van der Waals surface area (Å²) in [6, 6.07) is 7.89. The van der Waals surface area contributed by atoms with Gasteiger partial charge in [0.2, 0.25) is 0 Å². The molecule has 0 atom stereocenters. The van der Waals surface area contributed by atoms with Gasteiger partial charge in [0.05, 0.1) is 24.8 Å². The average molecular weight is 217 g/mol. The molecule has 0 saturated carbocycles. The molecule has 0 saturated heterocycles. The molecule has 4 heteroatoms. The van der Waals surface area contributed by atoms with Crippen molar-refractivity contribution in [3.8, 4) is 17.0 Å². The highest BCUT2D eigenvalue weighted by atomic mass is 16.5. The minimum atomic E-state index is 0.779. The van der Waals surface area contributed by atoms with Crippen LogP contribution in [0.4, 0.5) is 0 Å². The molecule has 0 spiro atoms. The second kappa shape index (κ2) is 4.81. The fourth-order valence-electron chi connectivity index (χ4n) is 1.63. The Morgan fingerprint density at radius 3 is 2.69 bits per heavy atom. The molecule has 0 amide bonds. The summed E-state index contributed by atoms with van der Waals surface area (Å²) in [4.78, 5) is 7.45. The van der Waals surface area contributed by atoms with Crippen molar-refractivity contribution in [3.05, 3.63) is 36.3 Å². The summed E-state index contributed by atoms with van der Waals surface area (Å²) in [7, 11) is 3.58. The number of aromatic amines is 1. The first-order chi connectivity index (χ1) is 7.85. The van der Waals surface area contributed by atoms with Gasteiger partial charge in [-0.1, -0.05) is 0 Å². The number of benzene rings is 1. The number of nitrogens with zero attached hydrogens (tertiary/aromatic N) is 1. The van der Waals surface area contributed by atoms with Crippen LogP contribution in [-0.2, 0) is 6.54 Å². The Morgan fingerprint density at radius 2 is 2.06 bits per heavy atom. The number of hydrogen-bond acceptors (Lipinski definition) is 3. The third-order valence-electron chi connectivity index (χ3n) is 2.44. The van der Waals surface area contributed by atoms with Crippen LogP contribution in [0.1, 0.15) is 5.69 Å². The van der Waals surface area contributed by atoms with Crippen molar-refractivity contribution in [2.45, 2.75) is 6.54 Å². The second-order valence-corrected chi connectivity index (χ2v) is 3.49. The number of H-pyrrole nitrogens is 1. The van der Waals surface area contributed by atoms with Crippen LogP contribution < -0.4 is 10.1 Å². The molecule has 2 aromatic rings. The van der Waals surface area contributed by atoms with Crippen LogP contribution in [0.3, 0.4) is 0 Å². The maximum Gasteiger partial charge on any atom is 0.118 e. The molecule has 2 rings (SSSR count). The molecule has 1 aromatic carbocycles. The van der Waals surface area contributed by atoms with E-state index in [0.717, 1.165) is 29.2 Å². The van der Waals surface area contributed by atoms with E-state index in [1.807, 2.05) is 31.3 Å². The molecule has 84 valence electrons. The van der Waals surface area contributed by atoms with Crippen LogP contribution in [0.25, 0.3) is 11.3 Å². The van der Waals surface area contributed by atoms with Crippen LogP contribution in [0.2, 0.25) is 0 Å². The number of methoxy groups -OCH3 is 1. The molecule has 1 heterocycles. The number of imidazole rings is 1. The molecular weight excluding hydrogens is 202 g/mol. The van der Waals surface area contributed by atoms with Gasteiger partial charge >= 0.3 is 0 Å². The van der Waals surface area contributed by atoms with E-state index in [2.05, 4.69) is 15.3 Å². The van der Waals surface area contributed by atoms with Crippen molar-refractivity contribution >= 4 is 0 Å². The van der Waals surface area contributed by atoms with Gasteiger partial charge in [-0.2, -0.15) is 0 Å². The number of hydrogen-bond donors (Lipinski definition) is 2. The fourth-order valence-corrected chi connectivity index (χ4v) is 1.63. The average Bonchev–Trinajstić information content (AvgIpc) is 2.78. The van der Waals surface area contributed by atoms with E-state index in [1.165, 1.54) is 0 Å². The van der Waals surface area contributed by atoms with Crippen LogP contribution in [-0.4, -0.2) is 24.1 Å². The zero-order chi connectivity index (χ0) is 11.4. The summed E-state index contributed by atoms with van der Waals surface area (Å²) < 4.78 is 5.12. The van der Waals surface area contributed by atoms with Crippen LogP contribution in [0.5, 0.6) is 5.75 Å². The highest BCUT2D eigenvalue weighted by molar-refractivity contribution is 5.62. The largest absolute Gasteiger partial charge is 0.497 e. The third-order valence-corrected chi connectivity index (χ3v) is 2.44. The van der Waals surface area contributed by atoms with E-state index in [-0.39, 0.29) is 0 Å². The van der Waals surface area contributed by atoms with Crippen LogP contribution >= 0.6 is 0 Å². The van der Waals surface area contributed by atoms with Gasteiger partial charge in [0.15, 0.2) is 0 Å². The Morgan fingerprint density at radius 1 is 1.31 bits per heavy atom. The Hall–Kier alpha value is -1.81. The quantitative estimate of drug-likeness (QED) is 0.821.